The van der Waals surface area contributed by atoms with Gasteiger partial charge in [0.2, 0.25) is 0 Å². The number of H-pyrrole nitrogens is 2. The molecule has 6 nitrogen and oxygen atoms in total. The first-order valence-electron chi connectivity index (χ1n) is 9.67. The number of ether oxygens (including phenoxy) is 1. The summed E-state index contributed by atoms with van der Waals surface area (Å²) in [4.78, 5) is 21.6. The molecule has 4 rings (SSSR count). The number of aromatic nitrogens is 2. The Kier molecular flexibility index (Phi) is 5.59. The number of fused-ring (bicyclic) bond motifs is 1. The Labute approximate surface area is 169 Å². The van der Waals surface area contributed by atoms with E-state index in [1.54, 1.807) is 0 Å². The fraction of sp³-hybridized carbons (Fsp3) is 0.381. The van der Waals surface area contributed by atoms with Crippen LogP contribution in [0.25, 0.3) is 11.0 Å². The third kappa shape index (κ3) is 4.18. The number of aryl methyl sites for hydroxylation is 1. The molecule has 0 spiro atoms. The highest BCUT2D eigenvalue weighted by Crippen LogP contribution is 2.29. The lowest BCUT2D eigenvalue weighted by atomic mass is 10.2. The van der Waals surface area contributed by atoms with E-state index >= 15 is 0 Å². The summed E-state index contributed by atoms with van der Waals surface area (Å²) in [6.07, 6.45) is 0.965. The van der Waals surface area contributed by atoms with Gasteiger partial charge in [0.05, 0.1) is 28.4 Å². The predicted octanol–water partition coefficient (Wildman–Crippen LogP) is 3.41. The van der Waals surface area contributed by atoms with E-state index in [2.05, 4.69) is 31.9 Å². The highest BCUT2D eigenvalue weighted by atomic mass is 35.5. The number of rotatable bonds is 6. The fourth-order valence-electron chi connectivity index (χ4n) is 3.67. The maximum Gasteiger partial charge on any atom is 0.323 e. The molecule has 0 radical (unpaired) electrons. The van der Waals surface area contributed by atoms with E-state index in [0.717, 1.165) is 72.2 Å². The number of benzene rings is 2. The third-order valence-electron chi connectivity index (χ3n) is 5.26. The van der Waals surface area contributed by atoms with E-state index in [4.69, 9.17) is 16.3 Å². The molecule has 3 aromatic rings. The van der Waals surface area contributed by atoms with E-state index < -0.39 is 0 Å². The van der Waals surface area contributed by atoms with Crippen LogP contribution in [0.2, 0.25) is 5.02 Å². The Balaban J connectivity index is 1.22. The average Bonchev–Trinajstić information content (AvgIpc) is 3.07. The van der Waals surface area contributed by atoms with Crippen molar-refractivity contribution in [3.8, 4) is 5.75 Å². The summed E-state index contributed by atoms with van der Waals surface area (Å²) >= 11 is 6.47. The Hall–Kier alpha value is -2.44. The zero-order chi connectivity index (χ0) is 19.5. The molecule has 0 unspecified atom stereocenters. The van der Waals surface area contributed by atoms with Crippen molar-refractivity contribution < 1.29 is 4.74 Å². The number of anilines is 1. The number of aromatic amines is 2. The summed E-state index contributed by atoms with van der Waals surface area (Å²) in [6.45, 7) is 7.75. The molecule has 0 saturated carbocycles. The Morgan fingerprint density at radius 3 is 2.68 bits per heavy atom. The number of imidazole rings is 1. The summed E-state index contributed by atoms with van der Waals surface area (Å²) in [6, 6.07) is 11.8. The molecule has 0 amide bonds. The minimum Gasteiger partial charge on any atom is -0.493 e. The van der Waals surface area contributed by atoms with Crippen LogP contribution in [0.1, 0.15) is 12.0 Å². The minimum atomic E-state index is -0.196. The SMILES string of the molecule is Cc1cccc(N2CCN(CCCOc3ccc4[nH]c(=O)[nH]c4c3)CC2)c1Cl. The van der Waals surface area contributed by atoms with Gasteiger partial charge >= 0.3 is 5.69 Å². The van der Waals surface area contributed by atoms with Gasteiger partial charge in [0.25, 0.3) is 0 Å². The molecule has 2 N–H and O–H groups in total. The van der Waals surface area contributed by atoms with Crippen LogP contribution in [0, 0.1) is 6.92 Å². The Bertz CT molecular complexity index is 1010. The van der Waals surface area contributed by atoms with Crippen molar-refractivity contribution >= 4 is 28.3 Å². The van der Waals surface area contributed by atoms with Gasteiger partial charge in [0, 0.05) is 38.8 Å². The largest absolute Gasteiger partial charge is 0.493 e. The van der Waals surface area contributed by atoms with Gasteiger partial charge < -0.3 is 19.6 Å². The highest BCUT2D eigenvalue weighted by molar-refractivity contribution is 6.34. The van der Waals surface area contributed by atoms with Crippen LogP contribution < -0.4 is 15.3 Å². The number of nitrogens with zero attached hydrogens (tertiary/aromatic N) is 2. The molecule has 0 aliphatic carbocycles. The minimum absolute atomic E-state index is 0.196. The van der Waals surface area contributed by atoms with Crippen molar-refractivity contribution in [2.24, 2.45) is 0 Å². The number of halogens is 1. The summed E-state index contributed by atoms with van der Waals surface area (Å²) in [5.74, 6) is 0.779. The van der Waals surface area contributed by atoms with Crippen LogP contribution in [-0.2, 0) is 0 Å². The smallest absolute Gasteiger partial charge is 0.323 e. The number of piperazine rings is 1. The molecular weight excluding hydrogens is 376 g/mol. The third-order valence-corrected chi connectivity index (χ3v) is 5.75. The van der Waals surface area contributed by atoms with Crippen molar-refractivity contribution in [3.05, 3.63) is 57.5 Å². The lowest BCUT2D eigenvalue weighted by Crippen LogP contribution is -2.47. The molecule has 1 aliphatic rings. The van der Waals surface area contributed by atoms with Gasteiger partial charge in [-0.1, -0.05) is 23.7 Å². The first kappa shape index (κ1) is 18.9. The molecule has 28 heavy (non-hydrogen) atoms. The van der Waals surface area contributed by atoms with E-state index in [1.165, 1.54) is 0 Å². The van der Waals surface area contributed by atoms with Gasteiger partial charge in [-0.3, -0.25) is 4.90 Å². The molecule has 1 saturated heterocycles. The van der Waals surface area contributed by atoms with Gasteiger partial charge in [0.15, 0.2) is 0 Å². The first-order chi connectivity index (χ1) is 13.6. The van der Waals surface area contributed by atoms with Gasteiger partial charge in [0.1, 0.15) is 5.75 Å². The molecule has 1 aliphatic heterocycles. The van der Waals surface area contributed by atoms with Crippen molar-refractivity contribution in [1.29, 1.82) is 0 Å². The van der Waals surface area contributed by atoms with Gasteiger partial charge in [-0.15, -0.1) is 0 Å². The second kappa shape index (κ2) is 8.29. The van der Waals surface area contributed by atoms with Crippen LogP contribution in [-0.4, -0.2) is 54.2 Å². The second-order valence-electron chi connectivity index (χ2n) is 7.23. The zero-order valence-electron chi connectivity index (χ0n) is 16.0. The lowest BCUT2D eigenvalue weighted by molar-refractivity contribution is 0.225. The highest BCUT2D eigenvalue weighted by Gasteiger charge is 2.19. The number of hydrogen-bond donors (Lipinski definition) is 2. The van der Waals surface area contributed by atoms with Crippen LogP contribution in [0.5, 0.6) is 5.75 Å². The normalized spacial score (nSPS) is 15.3. The van der Waals surface area contributed by atoms with Gasteiger partial charge in [-0.05, 0) is 37.1 Å². The van der Waals surface area contributed by atoms with Gasteiger partial charge in [-0.25, -0.2) is 4.79 Å². The molecule has 7 heteroatoms. The number of nitrogens with one attached hydrogen (secondary N) is 2. The number of hydrogen-bond acceptors (Lipinski definition) is 4. The van der Waals surface area contributed by atoms with Crippen LogP contribution in [0.3, 0.4) is 0 Å². The van der Waals surface area contributed by atoms with Crippen molar-refractivity contribution in [3.63, 3.8) is 0 Å². The van der Waals surface area contributed by atoms with E-state index in [1.807, 2.05) is 31.2 Å². The average molecular weight is 401 g/mol. The molecule has 0 atom stereocenters. The van der Waals surface area contributed by atoms with Crippen molar-refractivity contribution in [1.82, 2.24) is 14.9 Å². The van der Waals surface area contributed by atoms with Crippen molar-refractivity contribution in [2.75, 3.05) is 44.2 Å². The fourth-order valence-corrected chi connectivity index (χ4v) is 3.91. The van der Waals surface area contributed by atoms with Crippen LogP contribution >= 0.6 is 11.6 Å². The molecule has 148 valence electrons. The standard InChI is InChI=1S/C21H25ClN4O2/c1-15-4-2-5-19(20(15)22)26-11-9-25(10-12-26)8-3-13-28-16-6-7-17-18(14-16)24-21(27)23-17/h2,4-7,14H,3,8-13H2,1H3,(H2,23,24,27). The van der Waals surface area contributed by atoms with E-state index in [-0.39, 0.29) is 5.69 Å². The molecule has 1 fully saturated rings. The molecule has 0 bridgehead atoms. The van der Waals surface area contributed by atoms with E-state index in [9.17, 15) is 4.79 Å². The van der Waals surface area contributed by atoms with Crippen molar-refractivity contribution in [2.45, 2.75) is 13.3 Å². The van der Waals surface area contributed by atoms with Crippen LogP contribution in [0.15, 0.2) is 41.2 Å². The Morgan fingerprint density at radius 2 is 1.86 bits per heavy atom. The monoisotopic (exact) mass is 400 g/mol. The quantitative estimate of drug-likeness (QED) is 0.622. The topological polar surface area (TPSA) is 64.4 Å². The molecule has 1 aromatic heterocycles. The molecule has 2 heterocycles. The summed E-state index contributed by atoms with van der Waals surface area (Å²) in [5.41, 5.74) is 3.64. The first-order valence-corrected chi connectivity index (χ1v) is 10.1. The zero-order valence-corrected chi connectivity index (χ0v) is 16.8. The van der Waals surface area contributed by atoms with Crippen LogP contribution in [0.4, 0.5) is 5.69 Å². The lowest BCUT2D eigenvalue weighted by Gasteiger charge is -2.36. The predicted molar refractivity (Wildman–Crippen MR) is 114 cm³/mol. The molecule has 2 aromatic carbocycles. The summed E-state index contributed by atoms with van der Waals surface area (Å²) in [5, 5.41) is 0.866. The maximum atomic E-state index is 11.3. The summed E-state index contributed by atoms with van der Waals surface area (Å²) in [7, 11) is 0. The van der Waals surface area contributed by atoms with Gasteiger partial charge in [-0.2, -0.15) is 0 Å². The maximum absolute atomic E-state index is 11.3. The second-order valence-corrected chi connectivity index (χ2v) is 7.60. The molecular formula is C21H25ClN4O2. The summed E-state index contributed by atoms with van der Waals surface area (Å²) < 4.78 is 5.84. The van der Waals surface area contributed by atoms with E-state index in [0.29, 0.717) is 6.61 Å². The Morgan fingerprint density at radius 1 is 1.07 bits per heavy atom.